The van der Waals surface area contributed by atoms with Crippen molar-refractivity contribution in [2.24, 2.45) is 0 Å². The number of esters is 1. The zero-order chi connectivity index (χ0) is 15.9. The topological polar surface area (TPSA) is 61.8 Å². The molecule has 5 nitrogen and oxygen atoms in total. The van der Waals surface area contributed by atoms with Crippen molar-refractivity contribution >= 4 is 12.3 Å². The fraction of sp³-hybridized carbons (Fsp3) is 0.375. The first-order valence-electron chi connectivity index (χ1n) is 6.55. The van der Waals surface area contributed by atoms with Gasteiger partial charge in [0.1, 0.15) is 12.0 Å². The average molecular weight is 294 g/mol. The third-order valence-electron chi connectivity index (χ3n) is 2.23. The van der Waals surface area contributed by atoms with Gasteiger partial charge >= 0.3 is 5.97 Å². The van der Waals surface area contributed by atoms with Crippen molar-refractivity contribution < 1.29 is 23.8 Å². The van der Waals surface area contributed by atoms with Crippen LogP contribution in [0.15, 0.2) is 36.9 Å². The summed E-state index contributed by atoms with van der Waals surface area (Å²) in [6.45, 7) is 4.23. The van der Waals surface area contributed by atoms with Crippen LogP contribution in [-0.4, -0.2) is 39.7 Å². The van der Waals surface area contributed by atoms with Gasteiger partial charge in [0.05, 0.1) is 13.2 Å². The number of rotatable bonds is 8. The number of unbranched alkanes of at least 4 members (excludes halogenated alkanes) is 1. The van der Waals surface area contributed by atoms with Crippen LogP contribution in [0.2, 0.25) is 0 Å². The number of hydrogen-bond donors (Lipinski definition) is 0. The van der Waals surface area contributed by atoms with Crippen LogP contribution in [0.3, 0.4) is 0 Å². The highest BCUT2D eigenvalue weighted by Gasteiger charge is 1.97. The predicted octanol–water partition coefficient (Wildman–Crippen LogP) is 2.65. The number of aldehydes is 1. The molecule has 0 aliphatic carbocycles. The lowest BCUT2D eigenvalue weighted by Crippen LogP contribution is -2.04. The summed E-state index contributed by atoms with van der Waals surface area (Å²) in [5, 5.41) is 0. The van der Waals surface area contributed by atoms with E-state index in [0.29, 0.717) is 18.8 Å². The second kappa shape index (κ2) is 12.9. The molecule has 0 aliphatic rings. The van der Waals surface area contributed by atoms with Crippen molar-refractivity contribution in [2.75, 3.05) is 27.4 Å². The first-order valence-corrected chi connectivity index (χ1v) is 6.55. The summed E-state index contributed by atoms with van der Waals surface area (Å²) in [5.41, 5.74) is 0.624. The second-order valence-corrected chi connectivity index (χ2v) is 4.02. The van der Waals surface area contributed by atoms with Gasteiger partial charge in [-0.1, -0.05) is 6.58 Å². The fourth-order valence-electron chi connectivity index (χ4n) is 1.27. The molecule has 0 aliphatic heterocycles. The van der Waals surface area contributed by atoms with Crippen LogP contribution >= 0.6 is 0 Å². The SMILES string of the molecule is C=CC(=O)OCCCCOc1ccc(C=O)cc1.COC. The minimum absolute atomic E-state index is 0.373. The van der Waals surface area contributed by atoms with Gasteiger partial charge in [-0.3, -0.25) is 4.79 Å². The molecule has 0 amide bonds. The molecule has 0 fully saturated rings. The van der Waals surface area contributed by atoms with E-state index in [-0.39, 0.29) is 0 Å². The van der Waals surface area contributed by atoms with E-state index in [1.807, 2.05) is 0 Å². The third kappa shape index (κ3) is 10.3. The average Bonchev–Trinajstić information content (AvgIpc) is 2.51. The molecular formula is C16H22O5. The maximum atomic E-state index is 10.7. The minimum atomic E-state index is -0.402. The van der Waals surface area contributed by atoms with E-state index in [0.717, 1.165) is 31.0 Å². The van der Waals surface area contributed by atoms with Gasteiger partial charge in [0.2, 0.25) is 0 Å². The van der Waals surface area contributed by atoms with Crippen LogP contribution in [0.25, 0.3) is 0 Å². The Morgan fingerprint density at radius 1 is 1.14 bits per heavy atom. The number of benzene rings is 1. The first kappa shape index (κ1) is 18.9. The normalized spacial score (nSPS) is 9.05. The van der Waals surface area contributed by atoms with E-state index in [2.05, 4.69) is 11.3 Å². The van der Waals surface area contributed by atoms with Gasteiger partial charge in [0, 0.05) is 25.9 Å². The predicted molar refractivity (Wildman–Crippen MR) is 80.6 cm³/mol. The lowest BCUT2D eigenvalue weighted by Gasteiger charge is -2.06. The summed E-state index contributed by atoms with van der Waals surface area (Å²) in [6, 6.07) is 6.91. The molecule has 0 bridgehead atoms. The van der Waals surface area contributed by atoms with E-state index in [9.17, 15) is 9.59 Å². The summed E-state index contributed by atoms with van der Waals surface area (Å²) < 4.78 is 14.5. The summed E-state index contributed by atoms with van der Waals surface area (Å²) in [7, 11) is 3.25. The largest absolute Gasteiger partial charge is 0.494 e. The zero-order valence-corrected chi connectivity index (χ0v) is 12.5. The van der Waals surface area contributed by atoms with Crippen molar-refractivity contribution in [3.8, 4) is 5.75 Å². The lowest BCUT2D eigenvalue weighted by molar-refractivity contribution is -0.137. The lowest BCUT2D eigenvalue weighted by atomic mass is 10.2. The molecule has 1 aromatic rings. The van der Waals surface area contributed by atoms with E-state index in [4.69, 9.17) is 9.47 Å². The molecule has 0 spiro atoms. The Bertz CT molecular complexity index is 411. The molecule has 0 saturated carbocycles. The highest BCUT2D eigenvalue weighted by atomic mass is 16.5. The van der Waals surface area contributed by atoms with E-state index >= 15 is 0 Å². The zero-order valence-electron chi connectivity index (χ0n) is 12.5. The highest BCUT2D eigenvalue weighted by molar-refractivity contribution is 5.81. The quantitative estimate of drug-likeness (QED) is 0.319. The molecule has 1 rings (SSSR count). The van der Waals surface area contributed by atoms with Crippen LogP contribution in [0.1, 0.15) is 23.2 Å². The van der Waals surface area contributed by atoms with Gasteiger partial charge in [-0.25, -0.2) is 4.79 Å². The number of hydrogen-bond acceptors (Lipinski definition) is 5. The van der Waals surface area contributed by atoms with E-state index in [1.165, 1.54) is 0 Å². The van der Waals surface area contributed by atoms with Crippen LogP contribution < -0.4 is 4.74 Å². The fourth-order valence-corrected chi connectivity index (χ4v) is 1.27. The Balaban J connectivity index is 0.00000122. The van der Waals surface area contributed by atoms with Gasteiger partial charge in [-0.05, 0) is 37.1 Å². The van der Waals surface area contributed by atoms with Crippen molar-refractivity contribution in [3.05, 3.63) is 42.5 Å². The van der Waals surface area contributed by atoms with Gasteiger partial charge in [-0.2, -0.15) is 0 Å². The standard InChI is InChI=1S/C14H16O4.C2H6O/c1-2-14(16)18-10-4-3-9-17-13-7-5-12(11-15)6-8-13;1-3-2/h2,5-8,11H,1,3-4,9-10H2;1-2H3. The number of ether oxygens (including phenoxy) is 3. The summed E-state index contributed by atoms with van der Waals surface area (Å²) in [6.07, 6.45) is 3.47. The van der Waals surface area contributed by atoms with E-state index in [1.54, 1.807) is 38.5 Å². The molecular weight excluding hydrogens is 272 g/mol. The Hall–Kier alpha value is -2.14. The number of carbonyl (C=O) groups is 2. The number of carbonyl (C=O) groups excluding carboxylic acids is 2. The van der Waals surface area contributed by atoms with Gasteiger partial charge in [0.15, 0.2) is 0 Å². The van der Waals surface area contributed by atoms with Crippen LogP contribution in [0.5, 0.6) is 5.75 Å². The molecule has 116 valence electrons. The maximum absolute atomic E-state index is 10.7. The molecule has 0 N–H and O–H groups in total. The number of methoxy groups -OCH3 is 1. The Kier molecular flexibility index (Phi) is 11.6. The Labute approximate surface area is 125 Å². The Morgan fingerprint density at radius 2 is 1.71 bits per heavy atom. The first-order chi connectivity index (χ1) is 10.2. The van der Waals surface area contributed by atoms with E-state index < -0.39 is 5.97 Å². The van der Waals surface area contributed by atoms with Crippen molar-refractivity contribution in [3.63, 3.8) is 0 Å². The summed E-state index contributed by atoms with van der Waals surface area (Å²) in [5.74, 6) is 0.323. The molecule has 0 radical (unpaired) electrons. The van der Waals surface area contributed by atoms with Crippen LogP contribution in [-0.2, 0) is 14.3 Å². The summed E-state index contributed by atoms with van der Waals surface area (Å²) in [4.78, 5) is 21.2. The highest BCUT2D eigenvalue weighted by Crippen LogP contribution is 2.11. The molecule has 0 aromatic heterocycles. The van der Waals surface area contributed by atoms with Gasteiger partial charge < -0.3 is 14.2 Å². The molecule has 0 atom stereocenters. The Morgan fingerprint density at radius 3 is 2.24 bits per heavy atom. The molecule has 0 unspecified atom stereocenters. The third-order valence-corrected chi connectivity index (χ3v) is 2.23. The molecule has 1 aromatic carbocycles. The van der Waals surface area contributed by atoms with Crippen LogP contribution in [0, 0.1) is 0 Å². The van der Waals surface area contributed by atoms with Crippen LogP contribution in [0.4, 0.5) is 0 Å². The maximum Gasteiger partial charge on any atom is 0.330 e. The smallest absolute Gasteiger partial charge is 0.330 e. The summed E-state index contributed by atoms with van der Waals surface area (Å²) >= 11 is 0. The van der Waals surface area contributed by atoms with Gasteiger partial charge in [-0.15, -0.1) is 0 Å². The van der Waals surface area contributed by atoms with Gasteiger partial charge in [0.25, 0.3) is 0 Å². The monoisotopic (exact) mass is 294 g/mol. The minimum Gasteiger partial charge on any atom is -0.494 e. The van der Waals surface area contributed by atoms with Crippen molar-refractivity contribution in [1.82, 2.24) is 0 Å². The molecule has 5 heteroatoms. The second-order valence-electron chi connectivity index (χ2n) is 4.02. The molecule has 0 saturated heterocycles. The molecule has 21 heavy (non-hydrogen) atoms. The van der Waals surface area contributed by atoms with Crippen molar-refractivity contribution in [2.45, 2.75) is 12.8 Å². The van der Waals surface area contributed by atoms with Crippen molar-refractivity contribution in [1.29, 1.82) is 0 Å². The molecule has 0 heterocycles.